The molecule has 8 heteroatoms. The third kappa shape index (κ3) is 4.22. The average molecular weight is 408 g/mol. The Bertz CT molecular complexity index is 968. The van der Waals surface area contributed by atoms with Crippen LogP contribution in [0.2, 0.25) is 0 Å². The first-order valence-electron chi connectivity index (χ1n) is 8.74. The van der Waals surface area contributed by atoms with E-state index in [1.54, 1.807) is 32.0 Å². The average Bonchev–Trinajstić information content (AvgIpc) is 3.05. The van der Waals surface area contributed by atoms with Crippen molar-refractivity contribution in [1.82, 2.24) is 4.98 Å². The molecule has 0 saturated carbocycles. The van der Waals surface area contributed by atoms with Gasteiger partial charge in [-0.15, -0.1) is 0 Å². The molecule has 0 aliphatic heterocycles. The van der Waals surface area contributed by atoms with Gasteiger partial charge >= 0.3 is 7.60 Å². The van der Waals surface area contributed by atoms with Crippen molar-refractivity contribution in [2.45, 2.75) is 26.6 Å². The number of aromatic nitrogens is 1. The molecule has 27 heavy (non-hydrogen) atoms. The summed E-state index contributed by atoms with van der Waals surface area (Å²) in [7, 11) is -3.68. The van der Waals surface area contributed by atoms with E-state index in [1.807, 2.05) is 25.1 Å². The second-order valence-electron chi connectivity index (χ2n) is 5.88. The molecule has 3 rings (SSSR count). The van der Waals surface area contributed by atoms with Crippen molar-refractivity contribution in [3.63, 3.8) is 0 Å². The molecule has 0 aliphatic rings. The molecule has 0 aliphatic carbocycles. The summed E-state index contributed by atoms with van der Waals surface area (Å²) in [5.41, 5.74) is 2.12. The van der Waals surface area contributed by atoms with Crippen LogP contribution in [0.5, 0.6) is 0 Å². The number of halogens is 1. The zero-order valence-corrected chi connectivity index (χ0v) is 17.1. The Labute approximate surface area is 162 Å². The van der Waals surface area contributed by atoms with Gasteiger partial charge in [0.15, 0.2) is 10.9 Å². The number of aryl methyl sites for hydroxylation is 1. The molecule has 2 aromatic carbocycles. The SMILES string of the molecule is CCOP(=O)(OCC)[C@H](Nc1nc2c(C)cccc2s1)c1ccccc1F. The van der Waals surface area contributed by atoms with E-state index < -0.39 is 19.2 Å². The lowest BCUT2D eigenvalue weighted by Crippen LogP contribution is -2.16. The number of rotatable bonds is 8. The van der Waals surface area contributed by atoms with Gasteiger partial charge in [0.05, 0.1) is 23.4 Å². The Hall–Kier alpha value is -1.79. The van der Waals surface area contributed by atoms with Crippen molar-refractivity contribution < 1.29 is 18.0 Å². The highest BCUT2D eigenvalue weighted by molar-refractivity contribution is 7.54. The van der Waals surface area contributed by atoms with Crippen molar-refractivity contribution in [3.05, 3.63) is 59.4 Å². The molecular formula is C19H22FN2O3PS. The first-order valence-corrected chi connectivity index (χ1v) is 11.2. The smallest absolute Gasteiger partial charge is 0.344 e. The van der Waals surface area contributed by atoms with Crippen LogP contribution in [0.25, 0.3) is 10.2 Å². The maximum absolute atomic E-state index is 14.5. The van der Waals surface area contributed by atoms with E-state index in [9.17, 15) is 8.96 Å². The van der Waals surface area contributed by atoms with Crippen molar-refractivity contribution >= 4 is 34.3 Å². The van der Waals surface area contributed by atoms with Crippen LogP contribution < -0.4 is 5.32 Å². The minimum atomic E-state index is -3.68. The molecule has 1 atom stereocenters. The molecule has 0 spiro atoms. The van der Waals surface area contributed by atoms with Gasteiger partial charge in [0.1, 0.15) is 5.82 Å². The fourth-order valence-electron chi connectivity index (χ4n) is 2.84. The molecule has 0 amide bonds. The van der Waals surface area contributed by atoms with E-state index in [-0.39, 0.29) is 18.8 Å². The van der Waals surface area contributed by atoms with Gasteiger partial charge in [0.25, 0.3) is 0 Å². The van der Waals surface area contributed by atoms with E-state index in [2.05, 4.69) is 10.3 Å². The van der Waals surface area contributed by atoms with Crippen molar-refractivity contribution in [2.75, 3.05) is 18.5 Å². The number of anilines is 1. The number of hydrogen-bond donors (Lipinski definition) is 1. The number of nitrogens with one attached hydrogen (secondary N) is 1. The molecule has 144 valence electrons. The number of nitrogens with zero attached hydrogens (tertiary/aromatic N) is 1. The number of para-hydroxylation sites is 1. The van der Waals surface area contributed by atoms with Gasteiger partial charge < -0.3 is 14.4 Å². The first-order chi connectivity index (χ1) is 13.0. The van der Waals surface area contributed by atoms with Crippen LogP contribution in [0.3, 0.4) is 0 Å². The molecule has 0 unspecified atom stereocenters. The van der Waals surface area contributed by atoms with Crippen molar-refractivity contribution in [1.29, 1.82) is 0 Å². The third-order valence-corrected chi connectivity index (χ3v) is 7.24. The summed E-state index contributed by atoms with van der Waals surface area (Å²) < 4.78 is 40.0. The molecule has 0 radical (unpaired) electrons. The molecule has 0 bridgehead atoms. The standard InChI is InChI=1S/C19H22FN2O3PS/c1-4-24-26(23,25-5-2)18(14-10-6-7-11-15(14)20)22-19-21-17-13(3)9-8-12-16(17)27-19/h6-12,18H,4-5H2,1-3H3,(H,21,22)/t18-/m0/s1. The van der Waals surface area contributed by atoms with Crippen molar-refractivity contribution in [2.24, 2.45) is 0 Å². The number of fused-ring (bicyclic) bond motifs is 1. The van der Waals surface area contributed by atoms with Crippen LogP contribution in [0.15, 0.2) is 42.5 Å². The lowest BCUT2D eigenvalue weighted by molar-refractivity contribution is 0.213. The highest BCUT2D eigenvalue weighted by Gasteiger charge is 2.39. The van der Waals surface area contributed by atoms with Crippen molar-refractivity contribution in [3.8, 4) is 0 Å². The molecule has 5 nitrogen and oxygen atoms in total. The molecular weight excluding hydrogens is 386 g/mol. The molecule has 1 aromatic heterocycles. The summed E-state index contributed by atoms with van der Waals surface area (Å²) >= 11 is 1.42. The summed E-state index contributed by atoms with van der Waals surface area (Å²) in [4.78, 5) is 4.59. The predicted octanol–water partition coefficient (Wildman–Crippen LogP) is 6.12. The van der Waals surface area contributed by atoms with Gasteiger partial charge in [-0.25, -0.2) is 9.37 Å². The summed E-state index contributed by atoms with van der Waals surface area (Å²) in [5.74, 6) is -1.48. The predicted molar refractivity (Wildman–Crippen MR) is 108 cm³/mol. The van der Waals surface area contributed by atoms with E-state index in [0.717, 1.165) is 15.8 Å². The molecule has 1 N–H and O–H groups in total. The topological polar surface area (TPSA) is 60.5 Å². The zero-order valence-electron chi connectivity index (χ0n) is 15.4. The van der Waals surface area contributed by atoms with Crippen LogP contribution in [-0.4, -0.2) is 18.2 Å². The highest BCUT2D eigenvalue weighted by atomic mass is 32.1. The quantitative estimate of drug-likeness (QED) is 0.455. The zero-order chi connectivity index (χ0) is 19.4. The lowest BCUT2D eigenvalue weighted by atomic mass is 10.2. The van der Waals surface area contributed by atoms with Gasteiger partial charge in [-0.05, 0) is 38.5 Å². The first kappa shape index (κ1) is 20.0. The van der Waals surface area contributed by atoms with Crippen LogP contribution in [0, 0.1) is 12.7 Å². The minimum Gasteiger partial charge on any atom is -0.344 e. The summed E-state index contributed by atoms with van der Waals surface area (Å²) in [5, 5.41) is 3.65. The van der Waals surface area contributed by atoms with E-state index in [4.69, 9.17) is 9.05 Å². The third-order valence-electron chi connectivity index (χ3n) is 4.02. The van der Waals surface area contributed by atoms with Crippen LogP contribution in [-0.2, 0) is 13.6 Å². The molecule has 3 aromatic rings. The summed E-state index contributed by atoms with van der Waals surface area (Å²) in [6.45, 7) is 5.80. The monoisotopic (exact) mass is 408 g/mol. The van der Waals surface area contributed by atoms with E-state index in [0.29, 0.717) is 5.13 Å². The van der Waals surface area contributed by atoms with Gasteiger partial charge in [0.2, 0.25) is 0 Å². The molecule has 1 heterocycles. The molecule has 0 saturated heterocycles. The second kappa shape index (κ2) is 8.48. The number of hydrogen-bond acceptors (Lipinski definition) is 6. The Balaban J connectivity index is 2.07. The van der Waals surface area contributed by atoms with Crippen LogP contribution in [0.4, 0.5) is 9.52 Å². The Kier molecular flexibility index (Phi) is 6.27. The van der Waals surface area contributed by atoms with Crippen LogP contribution >= 0.6 is 18.9 Å². The van der Waals surface area contributed by atoms with E-state index in [1.165, 1.54) is 17.4 Å². The summed E-state index contributed by atoms with van der Waals surface area (Å²) in [6.07, 6.45) is 0. The van der Waals surface area contributed by atoms with Gasteiger partial charge in [-0.2, -0.15) is 0 Å². The maximum Gasteiger partial charge on any atom is 0.357 e. The maximum atomic E-state index is 14.5. The largest absolute Gasteiger partial charge is 0.357 e. The van der Waals surface area contributed by atoms with Gasteiger partial charge in [-0.3, -0.25) is 4.57 Å². The number of thiazole rings is 1. The molecule has 0 fully saturated rings. The Morgan fingerprint density at radius 1 is 1.15 bits per heavy atom. The normalized spacial score (nSPS) is 13.0. The van der Waals surface area contributed by atoms with Gasteiger partial charge in [-0.1, -0.05) is 41.7 Å². The van der Waals surface area contributed by atoms with Crippen LogP contribution in [0.1, 0.15) is 30.8 Å². The fourth-order valence-corrected chi connectivity index (χ4v) is 5.82. The minimum absolute atomic E-state index is 0.183. The lowest BCUT2D eigenvalue weighted by Gasteiger charge is -2.27. The highest BCUT2D eigenvalue weighted by Crippen LogP contribution is 2.61. The Morgan fingerprint density at radius 2 is 1.85 bits per heavy atom. The van der Waals surface area contributed by atoms with E-state index >= 15 is 0 Å². The van der Waals surface area contributed by atoms with Gasteiger partial charge in [0, 0.05) is 5.56 Å². The second-order valence-corrected chi connectivity index (χ2v) is 9.03. The number of benzene rings is 2. The Morgan fingerprint density at radius 3 is 2.48 bits per heavy atom. The summed E-state index contributed by atoms with van der Waals surface area (Å²) in [6, 6.07) is 12.1. The fraction of sp³-hybridized carbons (Fsp3) is 0.316.